The van der Waals surface area contributed by atoms with Gasteiger partial charge in [-0.05, 0) is 30.0 Å². The lowest BCUT2D eigenvalue weighted by Crippen LogP contribution is -2.29. The number of hydrogen-bond acceptors (Lipinski definition) is 5. The molecule has 5 nitrogen and oxygen atoms in total. The van der Waals surface area contributed by atoms with Gasteiger partial charge in [-0.2, -0.15) is 0 Å². The summed E-state index contributed by atoms with van der Waals surface area (Å²) in [7, 11) is 2.95. The number of rotatable bonds is 2. The molecule has 0 amide bonds. The molecule has 0 aliphatic heterocycles. The summed E-state index contributed by atoms with van der Waals surface area (Å²) in [6, 6.07) is 3.40. The molecule has 0 aromatic heterocycles. The third-order valence-corrected chi connectivity index (χ3v) is 4.44. The topological polar surface area (TPSA) is 76.0 Å². The van der Waals surface area contributed by atoms with Crippen LogP contribution in [0.15, 0.2) is 24.0 Å². The molecule has 2 aliphatic carbocycles. The highest BCUT2D eigenvalue weighted by Crippen LogP contribution is 2.51. The first-order valence-electron chi connectivity index (χ1n) is 6.93. The van der Waals surface area contributed by atoms with Crippen LogP contribution >= 0.6 is 0 Å². The molecule has 0 radical (unpaired) electrons. The van der Waals surface area contributed by atoms with E-state index >= 15 is 0 Å². The van der Waals surface area contributed by atoms with Gasteiger partial charge in [-0.25, -0.2) is 0 Å². The van der Waals surface area contributed by atoms with E-state index in [0.29, 0.717) is 29.1 Å². The molecule has 0 saturated carbocycles. The number of allylic oxidation sites excluding steroid dienone is 2. The second-order valence-electron chi connectivity index (χ2n) is 5.50. The number of aliphatic hydroxyl groups excluding tert-OH is 1. The molecule has 3 rings (SSSR count). The number of ketones is 1. The molecular weight excluding hydrogens is 272 g/mol. The Kier molecular flexibility index (Phi) is 3.37. The maximum absolute atomic E-state index is 12.1. The Bertz CT molecular complexity index is 619. The molecular formula is C16H18O5. The van der Waals surface area contributed by atoms with Crippen LogP contribution in [0, 0.1) is 5.92 Å². The Labute approximate surface area is 122 Å². The minimum Gasteiger partial charge on any atom is -0.504 e. The maximum Gasteiger partial charge on any atom is 0.197 e. The third kappa shape index (κ3) is 2.08. The zero-order valence-electron chi connectivity index (χ0n) is 12.0. The summed E-state index contributed by atoms with van der Waals surface area (Å²) in [6.07, 6.45) is 1.89. The van der Waals surface area contributed by atoms with Crippen molar-refractivity contribution in [3.63, 3.8) is 0 Å². The van der Waals surface area contributed by atoms with Crippen molar-refractivity contribution in [2.75, 3.05) is 14.2 Å². The number of carbonyl (C=O) groups is 1. The lowest BCUT2D eigenvalue weighted by Gasteiger charge is -2.37. The summed E-state index contributed by atoms with van der Waals surface area (Å²) in [5.41, 5.74) is 1.30. The predicted octanol–water partition coefficient (Wildman–Crippen LogP) is 2.04. The van der Waals surface area contributed by atoms with Crippen molar-refractivity contribution in [1.82, 2.24) is 0 Å². The van der Waals surface area contributed by atoms with Crippen LogP contribution in [0.25, 0.3) is 0 Å². The highest BCUT2D eigenvalue weighted by Gasteiger charge is 2.40. The number of benzene rings is 1. The molecule has 2 N–H and O–H groups in total. The zero-order chi connectivity index (χ0) is 15.1. The normalized spacial score (nSPS) is 27.5. The van der Waals surface area contributed by atoms with Crippen molar-refractivity contribution in [1.29, 1.82) is 0 Å². The van der Waals surface area contributed by atoms with Gasteiger partial charge in [-0.3, -0.25) is 4.79 Å². The number of ether oxygens (including phenoxy) is 2. The molecule has 112 valence electrons. The van der Waals surface area contributed by atoms with Crippen LogP contribution < -0.4 is 4.74 Å². The lowest BCUT2D eigenvalue weighted by molar-refractivity contribution is -0.120. The van der Waals surface area contributed by atoms with Crippen LogP contribution in [-0.2, 0) is 9.53 Å². The second-order valence-corrected chi connectivity index (χ2v) is 5.50. The van der Waals surface area contributed by atoms with Gasteiger partial charge < -0.3 is 19.7 Å². The first kappa shape index (κ1) is 13.9. The first-order chi connectivity index (χ1) is 10.1. The first-order valence-corrected chi connectivity index (χ1v) is 6.93. The molecule has 3 atom stereocenters. The highest BCUT2D eigenvalue weighted by atomic mass is 16.5. The van der Waals surface area contributed by atoms with E-state index in [1.165, 1.54) is 14.2 Å². The molecule has 0 fully saturated rings. The van der Waals surface area contributed by atoms with Gasteiger partial charge >= 0.3 is 0 Å². The number of Topliss-reactive ketones (excluding diaryl/α,β-unsaturated/α-hetero) is 1. The minimum atomic E-state index is -0.666. The average Bonchev–Trinajstić information content (AvgIpc) is 2.48. The van der Waals surface area contributed by atoms with Crippen LogP contribution in [0.1, 0.15) is 36.0 Å². The van der Waals surface area contributed by atoms with Crippen LogP contribution in [0.5, 0.6) is 11.5 Å². The maximum atomic E-state index is 12.1. The summed E-state index contributed by atoms with van der Waals surface area (Å²) in [5, 5.41) is 20.7. The standard InChI is InChI=1S/C16H18O5/c1-20-13-4-3-9-11(17)5-8-6-14(21-2)12(18)7-10(8)15(9)16(13)19/h3-4,6,8,10-11,17,19H,5,7H2,1-2H3. The van der Waals surface area contributed by atoms with Crippen LogP contribution in [0.4, 0.5) is 0 Å². The van der Waals surface area contributed by atoms with Gasteiger partial charge in [0.2, 0.25) is 0 Å². The number of phenolic OH excluding ortho intramolecular Hbond substituents is 1. The number of phenols is 1. The summed E-state index contributed by atoms with van der Waals surface area (Å²) in [4.78, 5) is 12.1. The van der Waals surface area contributed by atoms with E-state index in [1.54, 1.807) is 18.2 Å². The molecule has 5 heteroatoms. The van der Waals surface area contributed by atoms with Gasteiger partial charge in [-0.15, -0.1) is 0 Å². The smallest absolute Gasteiger partial charge is 0.197 e. The Hall–Kier alpha value is -2.01. The summed E-state index contributed by atoms with van der Waals surface area (Å²) < 4.78 is 10.2. The SMILES string of the molecule is COC1=CC2CC(O)c3ccc(OC)c(O)c3C2CC1=O. The number of aromatic hydroxyl groups is 1. The van der Waals surface area contributed by atoms with Crippen LogP contribution in [-0.4, -0.2) is 30.2 Å². The highest BCUT2D eigenvalue weighted by molar-refractivity contribution is 5.95. The van der Waals surface area contributed by atoms with Gasteiger partial charge in [0.15, 0.2) is 23.0 Å². The summed E-state index contributed by atoms with van der Waals surface area (Å²) >= 11 is 0. The number of carbonyl (C=O) groups excluding carboxylic acids is 1. The van der Waals surface area contributed by atoms with Crippen molar-refractivity contribution in [3.8, 4) is 11.5 Å². The third-order valence-electron chi connectivity index (χ3n) is 4.44. The van der Waals surface area contributed by atoms with Crippen LogP contribution in [0.2, 0.25) is 0 Å². The van der Waals surface area contributed by atoms with Crippen molar-refractivity contribution in [3.05, 3.63) is 35.1 Å². The van der Waals surface area contributed by atoms with Gasteiger partial charge in [0.1, 0.15) is 0 Å². The molecule has 0 heterocycles. The van der Waals surface area contributed by atoms with E-state index in [9.17, 15) is 15.0 Å². The lowest BCUT2D eigenvalue weighted by atomic mass is 9.69. The Balaban J connectivity index is 2.13. The molecule has 0 saturated heterocycles. The number of hydrogen-bond donors (Lipinski definition) is 2. The van der Waals surface area contributed by atoms with Gasteiger partial charge in [-0.1, -0.05) is 6.07 Å². The van der Waals surface area contributed by atoms with Gasteiger partial charge in [0.25, 0.3) is 0 Å². The fraction of sp³-hybridized carbons (Fsp3) is 0.438. The summed E-state index contributed by atoms with van der Waals surface area (Å²) in [6.45, 7) is 0. The second kappa shape index (κ2) is 5.07. The Morgan fingerprint density at radius 1 is 1.24 bits per heavy atom. The quantitative estimate of drug-likeness (QED) is 0.871. The molecule has 21 heavy (non-hydrogen) atoms. The molecule has 1 aromatic carbocycles. The van der Waals surface area contributed by atoms with E-state index in [-0.39, 0.29) is 29.8 Å². The van der Waals surface area contributed by atoms with Crippen molar-refractivity contribution in [2.24, 2.45) is 5.92 Å². The monoisotopic (exact) mass is 290 g/mol. The molecule has 0 bridgehead atoms. The van der Waals surface area contributed by atoms with E-state index in [0.717, 1.165) is 0 Å². The fourth-order valence-electron chi connectivity index (χ4n) is 3.42. The summed E-state index contributed by atoms with van der Waals surface area (Å²) in [5.74, 6) is 0.460. The van der Waals surface area contributed by atoms with E-state index in [4.69, 9.17) is 9.47 Å². The molecule has 3 unspecified atom stereocenters. The van der Waals surface area contributed by atoms with Gasteiger partial charge in [0, 0.05) is 17.9 Å². The largest absolute Gasteiger partial charge is 0.504 e. The van der Waals surface area contributed by atoms with Crippen molar-refractivity contribution < 1.29 is 24.5 Å². The Morgan fingerprint density at radius 2 is 2.00 bits per heavy atom. The number of aliphatic hydroxyl groups is 1. The average molecular weight is 290 g/mol. The number of methoxy groups -OCH3 is 2. The van der Waals surface area contributed by atoms with Gasteiger partial charge in [0.05, 0.1) is 20.3 Å². The molecule has 1 aromatic rings. The van der Waals surface area contributed by atoms with Crippen LogP contribution in [0.3, 0.4) is 0 Å². The number of fused-ring (bicyclic) bond motifs is 3. The fourth-order valence-corrected chi connectivity index (χ4v) is 3.42. The predicted molar refractivity (Wildman–Crippen MR) is 75.2 cm³/mol. The van der Waals surface area contributed by atoms with E-state index in [1.807, 2.05) is 0 Å². The van der Waals surface area contributed by atoms with Crippen molar-refractivity contribution in [2.45, 2.75) is 24.9 Å². The minimum absolute atomic E-state index is 0.0193. The van der Waals surface area contributed by atoms with Crippen molar-refractivity contribution >= 4 is 5.78 Å². The Morgan fingerprint density at radius 3 is 2.67 bits per heavy atom. The zero-order valence-corrected chi connectivity index (χ0v) is 12.0. The molecule has 2 aliphatic rings. The van der Waals surface area contributed by atoms with E-state index in [2.05, 4.69) is 0 Å². The molecule has 0 spiro atoms. The van der Waals surface area contributed by atoms with E-state index < -0.39 is 6.10 Å².